The summed E-state index contributed by atoms with van der Waals surface area (Å²) in [5, 5.41) is 33.4. The van der Waals surface area contributed by atoms with Crippen molar-refractivity contribution in [1.29, 1.82) is 0 Å². The third-order valence-electron chi connectivity index (χ3n) is 7.11. The number of esters is 1. The zero-order valence-corrected chi connectivity index (χ0v) is 23.2. The number of quaternary nitrogens is 1. The average Bonchev–Trinajstić information content (AvgIpc) is 2.83. The number of carbonyl (C=O) groups is 5. The number of rotatable bonds is 16. The molecule has 206 valence electrons. The second-order valence-corrected chi connectivity index (χ2v) is 9.34. The molecular formula is C25H36BrN2O9+. The largest absolute Gasteiger partial charge is 0.477 e. The number of hydrogen-bond acceptors (Lipinski definition) is 6. The lowest BCUT2D eigenvalue weighted by atomic mass is 9.75. The summed E-state index contributed by atoms with van der Waals surface area (Å²) in [5.74, 6) is -5.43. The number of hydrogen-bond donors (Lipinski definition) is 4. The Morgan fingerprint density at radius 3 is 1.70 bits per heavy atom. The van der Waals surface area contributed by atoms with E-state index in [1.807, 2.05) is 0 Å². The van der Waals surface area contributed by atoms with Crippen LogP contribution < -0.4 is 5.32 Å². The van der Waals surface area contributed by atoms with Gasteiger partial charge in [0.05, 0.1) is 11.9 Å². The van der Waals surface area contributed by atoms with Crippen molar-refractivity contribution in [3.63, 3.8) is 0 Å². The molecule has 0 aliphatic rings. The van der Waals surface area contributed by atoms with Gasteiger partial charge in [-0.05, 0) is 24.6 Å². The van der Waals surface area contributed by atoms with E-state index in [0.717, 1.165) is 0 Å². The monoisotopic (exact) mass is 587 g/mol. The highest BCUT2D eigenvalue weighted by Crippen LogP contribution is 2.45. The lowest BCUT2D eigenvalue weighted by molar-refractivity contribution is -0.992. The van der Waals surface area contributed by atoms with E-state index in [9.17, 15) is 39.3 Å². The smallest absolute Gasteiger partial charge is 0.368 e. The van der Waals surface area contributed by atoms with Gasteiger partial charge in [0.25, 0.3) is 0 Å². The quantitative estimate of drug-likeness (QED) is 0.129. The van der Waals surface area contributed by atoms with E-state index in [0.29, 0.717) is 11.3 Å². The zero-order valence-electron chi connectivity index (χ0n) is 21.6. The van der Waals surface area contributed by atoms with Gasteiger partial charge in [0.15, 0.2) is 18.6 Å². The third kappa shape index (κ3) is 6.48. The molecule has 1 aromatic rings. The van der Waals surface area contributed by atoms with E-state index in [1.165, 1.54) is 6.92 Å². The van der Waals surface area contributed by atoms with Crippen molar-refractivity contribution in [3.8, 4) is 0 Å². The molecular weight excluding hydrogens is 552 g/mol. The minimum absolute atomic E-state index is 0.0462. The van der Waals surface area contributed by atoms with Gasteiger partial charge in [-0.15, -0.1) is 0 Å². The van der Waals surface area contributed by atoms with Crippen molar-refractivity contribution in [3.05, 3.63) is 29.8 Å². The van der Waals surface area contributed by atoms with E-state index >= 15 is 0 Å². The van der Waals surface area contributed by atoms with Crippen LogP contribution in [0.1, 0.15) is 52.5 Å². The van der Waals surface area contributed by atoms with E-state index in [1.54, 1.807) is 45.0 Å². The fourth-order valence-corrected chi connectivity index (χ4v) is 5.48. The number of carbonyl (C=O) groups excluding carboxylic acids is 2. The van der Waals surface area contributed by atoms with Crippen LogP contribution in [0.4, 0.5) is 5.69 Å². The maximum absolute atomic E-state index is 13.5. The predicted molar refractivity (Wildman–Crippen MR) is 138 cm³/mol. The van der Waals surface area contributed by atoms with Crippen LogP contribution in [0.25, 0.3) is 0 Å². The lowest BCUT2D eigenvalue weighted by Crippen LogP contribution is -2.82. The summed E-state index contributed by atoms with van der Waals surface area (Å²) in [6, 6.07) is 6.30. The third-order valence-corrected chi connectivity index (χ3v) is 7.62. The van der Waals surface area contributed by atoms with Gasteiger partial charge in [-0.3, -0.25) is 9.28 Å². The number of benzene rings is 1. The first-order chi connectivity index (χ1) is 17.3. The molecule has 0 aliphatic carbocycles. The second-order valence-electron chi connectivity index (χ2n) is 8.78. The Morgan fingerprint density at radius 1 is 0.865 bits per heavy atom. The Hall–Kier alpha value is -2.99. The Labute approximate surface area is 224 Å². The van der Waals surface area contributed by atoms with Crippen molar-refractivity contribution in [1.82, 2.24) is 0 Å². The van der Waals surface area contributed by atoms with Gasteiger partial charge in [0.1, 0.15) is 0 Å². The van der Waals surface area contributed by atoms with Gasteiger partial charge in [-0.1, -0.05) is 48.8 Å². The van der Waals surface area contributed by atoms with Gasteiger partial charge in [-0.2, -0.15) is 0 Å². The van der Waals surface area contributed by atoms with Crippen molar-refractivity contribution < 1.29 is 48.5 Å². The Morgan fingerprint density at radius 2 is 1.35 bits per heavy atom. The molecule has 0 saturated heterocycles. The molecule has 11 nitrogen and oxygen atoms in total. The molecule has 0 aromatic heterocycles. The molecule has 0 bridgehead atoms. The first kappa shape index (κ1) is 32.0. The molecule has 0 heterocycles. The molecule has 1 aromatic carbocycles. The van der Waals surface area contributed by atoms with Crippen molar-refractivity contribution in [2.24, 2.45) is 0 Å². The van der Waals surface area contributed by atoms with Gasteiger partial charge in [-0.25, -0.2) is 19.2 Å². The Kier molecular flexibility index (Phi) is 11.7. The first-order valence-corrected chi connectivity index (χ1v) is 13.1. The Balaban J connectivity index is 4.00. The van der Waals surface area contributed by atoms with E-state index in [-0.39, 0.29) is 43.5 Å². The summed E-state index contributed by atoms with van der Waals surface area (Å²) in [7, 11) is 0. The highest BCUT2D eigenvalue weighted by molar-refractivity contribution is 9.09. The molecule has 0 saturated carbocycles. The maximum atomic E-state index is 13.5. The van der Waals surface area contributed by atoms with Crippen LogP contribution in [0, 0.1) is 0 Å². The molecule has 37 heavy (non-hydrogen) atoms. The van der Waals surface area contributed by atoms with Gasteiger partial charge in [0, 0.05) is 31.4 Å². The molecule has 0 aliphatic heterocycles. The first-order valence-electron chi connectivity index (χ1n) is 12.0. The number of amides is 1. The zero-order chi connectivity index (χ0) is 28.4. The van der Waals surface area contributed by atoms with Gasteiger partial charge in [0.2, 0.25) is 11.4 Å². The molecule has 0 radical (unpaired) electrons. The second kappa shape index (κ2) is 13.5. The SMILES string of the molecule is CCOC(=O)C(CC)(CC)[N+](CC(=O)O)(CC(=O)O)C(CC)(Cc1ccc(NC(=O)CBr)cc1)C(=O)O. The van der Waals surface area contributed by atoms with Gasteiger partial charge < -0.3 is 25.4 Å². The number of nitrogens with one attached hydrogen (secondary N) is 1. The van der Waals surface area contributed by atoms with Crippen LogP contribution >= 0.6 is 15.9 Å². The van der Waals surface area contributed by atoms with E-state index < -0.39 is 52.5 Å². The van der Waals surface area contributed by atoms with E-state index in [2.05, 4.69) is 21.2 Å². The predicted octanol–water partition coefficient (Wildman–Crippen LogP) is 2.90. The van der Waals surface area contributed by atoms with Crippen LogP contribution in [0.15, 0.2) is 24.3 Å². The topological polar surface area (TPSA) is 167 Å². The van der Waals surface area contributed by atoms with Crippen LogP contribution in [0.2, 0.25) is 0 Å². The van der Waals surface area contributed by atoms with Gasteiger partial charge >= 0.3 is 23.9 Å². The minimum atomic E-state index is -2.03. The molecule has 1 atom stereocenters. The molecule has 1 rings (SSSR count). The molecule has 0 spiro atoms. The fourth-order valence-electron chi connectivity index (χ4n) is 5.34. The molecule has 1 amide bonds. The van der Waals surface area contributed by atoms with Crippen molar-refractivity contribution in [2.45, 2.75) is 64.5 Å². The number of nitrogens with zero attached hydrogens (tertiary/aromatic N) is 1. The van der Waals surface area contributed by atoms with Crippen molar-refractivity contribution >= 4 is 51.4 Å². The highest BCUT2D eigenvalue weighted by atomic mass is 79.9. The number of anilines is 1. The van der Waals surface area contributed by atoms with Crippen LogP contribution in [-0.4, -0.2) is 85.7 Å². The standard InChI is InChI=1S/C25H35BrN2O9/c1-5-24(6-2,23(36)37-8-4)28(15-20(30)31,16-21(32)33)25(7-3,22(34)35)13-17-9-11-18(12-10-17)27-19(29)14-26/h9-12H,5-8,13-16H2,1-4H3,(H3-,27,29,30,31,32,33,34,35)/p+1. The number of alkyl halides is 1. The highest BCUT2D eigenvalue weighted by Gasteiger charge is 2.69. The summed E-state index contributed by atoms with van der Waals surface area (Å²) in [6.45, 7) is 4.41. The molecule has 0 fully saturated rings. The van der Waals surface area contributed by atoms with E-state index in [4.69, 9.17) is 4.74 Å². The lowest BCUT2D eigenvalue weighted by Gasteiger charge is -2.57. The number of halogens is 1. The number of ether oxygens (including phenoxy) is 1. The number of aliphatic carboxylic acids is 3. The fraction of sp³-hybridized carbons (Fsp3) is 0.560. The van der Waals surface area contributed by atoms with Crippen LogP contribution in [-0.2, 0) is 35.1 Å². The number of carboxylic acid groups (broad SMARTS) is 3. The van der Waals surface area contributed by atoms with Crippen LogP contribution in [0.3, 0.4) is 0 Å². The molecule has 12 heteroatoms. The maximum Gasteiger partial charge on any atom is 0.368 e. The molecule has 1 unspecified atom stereocenters. The summed E-state index contributed by atoms with van der Waals surface area (Å²) < 4.78 is 4.25. The number of carboxylic acids is 3. The summed E-state index contributed by atoms with van der Waals surface area (Å²) >= 11 is 3.05. The average molecular weight is 588 g/mol. The van der Waals surface area contributed by atoms with Crippen molar-refractivity contribution in [2.75, 3.05) is 30.3 Å². The summed E-state index contributed by atoms with van der Waals surface area (Å²) in [5.41, 5.74) is -2.88. The summed E-state index contributed by atoms with van der Waals surface area (Å²) in [6.07, 6.45) is -0.537. The molecule has 4 N–H and O–H groups in total. The Bertz CT molecular complexity index is 976. The minimum Gasteiger partial charge on any atom is -0.477 e. The summed E-state index contributed by atoms with van der Waals surface area (Å²) in [4.78, 5) is 62.9. The normalized spacial score (nSPS) is 13.3. The van der Waals surface area contributed by atoms with Crippen LogP contribution in [0.5, 0.6) is 0 Å².